The van der Waals surface area contributed by atoms with E-state index in [0.29, 0.717) is 18.3 Å². The number of hydrogen-bond donors (Lipinski definition) is 2. The maximum Gasteiger partial charge on any atom is 0.115 e. The lowest BCUT2D eigenvalue weighted by Gasteiger charge is -2.42. The number of aromatic hydroxyl groups is 1. The smallest absolute Gasteiger partial charge is 0.115 e. The Morgan fingerprint density at radius 1 is 1.24 bits per heavy atom. The normalized spacial score (nSPS) is 33.6. The molecule has 1 aliphatic carbocycles. The first kappa shape index (κ1) is 12.4. The van der Waals surface area contributed by atoms with Crippen LogP contribution < -0.4 is 0 Å². The zero-order valence-corrected chi connectivity index (χ0v) is 10.7. The van der Waals surface area contributed by atoms with E-state index in [9.17, 15) is 10.2 Å². The Hall–Kier alpha value is -1.02. The maximum absolute atomic E-state index is 10.8. The molecule has 0 saturated heterocycles. The monoisotopic (exact) mass is 234 g/mol. The topological polar surface area (TPSA) is 40.5 Å². The van der Waals surface area contributed by atoms with Gasteiger partial charge in [-0.1, -0.05) is 38.8 Å². The van der Waals surface area contributed by atoms with Crippen LogP contribution in [0.3, 0.4) is 0 Å². The van der Waals surface area contributed by atoms with E-state index < -0.39 is 5.60 Å². The summed E-state index contributed by atoms with van der Waals surface area (Å²) in [7, 11) is 0. The molecule has 1 aromatic carbocycles. The van der Waals surface area contributed by atoms with Crippen LogP contribution in [0, 0.1) is 11.8 Å². The number of phenolic OH excluding ortho intramolecular Hbond substituents is 1. The molecule has 2 heteroatoms. The lowest BCUT2D eigenvalue weighted by atomic mass is 9.68. The Labute approximate surface area is 103 Å². The largest absolute Gasteiger partial charge is 0.508 e. The molecule has 0 radical (unpaired) electrons. The summed E-state index contributed by atoms with van der Waals surface area (Å²) in [6.07, 6.45) is 3.91. The molecule has 0 bridgehead atoms. The zero-order chi connectivity index (χ0) is 12.5. The Morgan fingerprint density at radius 2 is 1.88 bits per heavy atom. The molecule has 3 unspecified atom stereocenters. The van der Waals surface area contributed by atoms with Gasteiger partial charge in [-0.3, -0.25) is 0 Å². The van der Waals surface area contributed by atoms with Crippen LogP contribution in [0.25, 0.3) is 0 Å². The van der Waals surface area contributed by atoms with Gasteiger partial charge < -0.3 is 10.2 Å². The van der Waals surface area contributed by atoms with E-state index in [2.05, 4.69) is 13.8 Å². The van der Waals surface area contributed by atoms with Crippen molar-refractivity contribution in [3.05, 3.63) is 29.8 Å². The molecule has 17 heavy (non-hydrogen) atoms. The molecule has 94 valence electrons. The number of benzene rings is 1. The van der Waals surface area contributed by atoms with E-state index in [1.807, 2.05) is 12.1 Å². The highest BCUT2D eigenvalue weighted by Crippen LogP contribution is 2.39. The van der Waals surface area contributed by atoms with E-state index in [1.54, 1.807) is 12.1 Å². The minimum atomic E-state index is -0.575. The van der Waals surface area contributed by atoms with Gasteiger partial charge in [0, 0.05) is 6.42 Å². The molecule has 1 aliphatic rings. The first-order chi connectivity index (χ1) is 8.01. The molecule has 0 heterocycles. The molecule has 1 aromatic rings. The van der Waals surface area contributed by atoms with Gasteiger partial charge in [-0.05, 0) is 36.0 Å². The second-order valence-corrected chi connectivity index (χ2v) is 5.60. The van der Waals surface area contributed by atoms with Crippen LogP contribution in [0.1, 0.15) is 38.7 Å². The number of phenols is 1. The number of hydrogen-bond acceptors (Lipinski definition) is 2. The predicted molar refractivity (Wildman–Crippen MR) is 68.9 cm³/mol. The van der Waals surface area contributed by atoms with Gasteiger partial charge in [-0.2, -0.15) is 0 Å². The molecule has 2 N–H and O–H groups in total. The summed E-state index contributed by atoms with van der Waals surface area (Å²) < 4.78 is 0. The minimum Gasteiger partial charge on any atom is -0.508 e. The van der Waals surface area contributed by atoms with Crippen molar-refractivity contribution in [2.75, 3.05) is 0 Å². The van der Waals surface area contributed by atoms with E-state index in [0.717, 1.165) is 18.4 Å². The minimum absolute atomic E-state index is 0.283. The molecule has 0 aromatic heterocycles. The molecule has 2 nitrogen and oxygen atoms in total. The van der Waals surface area contributed by atoms with Crippen LogP contribution in [-0.4, -0.2) is 15.8 Å². The standard InChI is InChI=1S/C15H22O2/c1-11-4-3-9-15(17,12(11)2)10-13-5-7-14(16)8-6-13/h5-8,11-12,16-17H,3-4,9-10H2,1-2H3. The fourth-order valence-corrected chi connectivity index (χ4v) is 2.95. The Bertz CT molecular complexity index is 371. The second-order valence-electron chi connectivity index (χ2n) is 5.60. The summed E-state index contributed by atoms with van der Waals surface area (Å²) in [6.45, 7) is 4.38. The third kappa shape index (κ3) is 2.63. The van der Waals surface area contributed by atoms with Gasteiger partial charge >= 0.3 is 0 Å². The van der Waals surface area contributed by atoms with Gasteiger partial charge in [0.15, 0.2) is 0 Å². The van der Waals surface area contributed by atoms with Crippen molar-refractivity contribution < 1.29 is 10.2 Å². The second kappa shape index (κ2) is 4.69. The molecule has 2 rings (SSSR count). The third-order valence-electron chi connectivity index (χ3n) is 4.42. The quantitative estimate of drug-likeness (QED) is 0.825. The highest BCUT2D eigenvalue weighted by molar-refractivity contribution is 5.27. The predicted octanol–water partition coefficient (Wildman–Crippen LogP) is 3.12. The SMILES string of the molecule is CC1CCCC(O)(Cc2ccc(O)cc2)C1C. The first-order valence-corrected chi connectivity index (χ1v) is 6.51. The summed E-state index contributed by atoms with van der Waals surface area (Å²) >= 11 is 0. The fraction of sp³-hybridized carbons (Fsp3) is 0.600. The molecule has 0 aliphatic heterocycles. The van der Waals surface area contributed by atoms with Crippen LogP contribution in [0.5, 0.6) is 5.75 Å². The molecule has 0 spiro atoms. The average molecular weight is 234 g/mol. The van der Waals surface area contributed by atoms with Crippen molar-refractivity contribution in [2.24, 2.45) is 11.8 Å². The van der Waals surface area contributed by atoms with Gasteiger partial charge in [0.05, 0.1) is 5.60 Å². The third-order valence-corrected chi connectivity index (χ3v) is 4.42. The van der Waals surface area contributed by atoms with Crippen molar-refractivity contribution >= 4 is 0 Å². The van der Waals surface area contributed by atoms with E-state index in [1.165, 1.54) is 6.42 Å². The molecule has 1 saturated carbocycles. The number of aliphatic hydroxyl groups is 1. The van der Waals surface area contributed by atoms with Crippen molar-refractivity contribution in [1.82, 2.24) is 0 Å². The first-order valence-electron chi connectivity index (χ1n) is 6.51. The van der Waals surface area contributed by atoms with Gasteiger partial charge in [-0.15, -0.1) is 0 Å². The maximum atomic E-state index is 10.8. The molecule has 0 amide bonds. The average Bonchev–Trinajstić information content (AvgIpc) is 2.29. The highest BCUT2D eigenvalue weighted by atomic mass is 16.3. The van der Waals surface area contributed by atoms with E-state index >= 15 is 0 Å². The summed E-state index contributed by atoms with van der Waals surface area (Å²) in [6, 6.07) is 7.18. The molecule has 3 atom stereocenters. The number of rotatable bonds is 2. The van der Waals surface area contributed by atoms with Crippen LogP contribution >= 0.6 is 0 Å². The Kier molecular flexibility index (Phi) is 3.43. The van der Waals surface area contributed by atoms with Crippen molar-refractivity contribution in [2.45, 2.75) is 45.1 Å². The summed E-state index contributed by atoms with van der Waals surface area (Å²) in [4.78, 5) is 0. The van der Waals surface area contributed by atoms with Gasteiger partial charge in [0.1, 0.15) is 5.75 Å². The lowest BCUT2D eigenvalue weighted by molar-refractivity contribution is -0.0620. The van der Waals surface area contributed by atoms with Gasteiger partial charge in [0.25, 0.3) is 0 Å². The highest BCUT2D eigenvalue weighted by Gasteiger charge is 2.39. The Morgan fingerprint density at radius 3 is 2.53 bits per heavy atom. The lowest BCUT2D eigenvalue weighted by Crippen LogP contribution is -2.44. The summed E-state index contributed by atoms with van der Waals surface area (Å²) in [5, 5.41) is 20.0. The van der Waals surface area contributed by atoms with Crippen LogP contribution in [0.2, 0.25) is 0 Å². The van der Waals surface area contributed by atoms with E-state index in [4.69, 9.17) is 0 Å². The summed E-state index contributed by atoms with van der Waals surface area (Å²) in [5.74, 6) is 1.21. The molecular weight excluding hydrogens is 212 g/mol. The van der Waals surface area contributed by atoms with Crippen molar-refractivity contribution in [3.63, 3.8) is 0 Å². The Balaban J connectivity index is 2.13. The van der Waals surface area contributed by atoms with Crippen molar-refractivity contribution in [1.29, 1.82) is 0 Å². The zero-order valence-electron chi connectivity index (χ0n) is 10.7. The molecular formula is C15H22O2. The van der Waals surface area contributed by atoms with Crippen LogP contribution in [-0.2, 0) is 6.42 Å². The van der Waals surface area contributed by atoms with Crippen LogP contribution in [0.15, 0.2) is 24.3 Å². The summed E-state index contributed by atoms with van der Waals surface area (Å²) in [5.41, 5.74) is 0.528. The molecule has 1 fully saturated rings. The van der Waals surface area contributed by atoms with Gasteiger partial charge in [-0.25, -0.2) is 0 Å². The van der Waals surface area contributed by atoms with E-state index in [-0.39, 0.29) is 5.75 Å². The fourth-order valence-electron chi connectivity index (χ4n) is 2.95. The van der Waals surface area contributed by atoms with Crippen LogP contribution in [0.4, 0.5) is 0 Å². The van der Waals surface area contributed by atoms with Crippen molar-refractivity contribution in [3.8, 4) is 5.75 Å². The van der Waals surface area contributed by atoms with Gasteiger partial charge in [0.2, 0.25) is 0 Å².